The van der Waals surface area contributed by atoms with Crippen molar-refractivity contribution in [1.82, 2.24) is 0 Å². The molecule has 2 heterocycles. The molecule has 2 rings (SSSR count). The van der Waals surface area contributed by atoms with E-state index in [4.69, 9.17) is 47.4 Å². The van der Waals surface area contributed by atoms with Crippen molar-refractivity contribution in [2.45, 2.75) is 109 Å². The number of esters is 7. The van der Waals surface area contributed by atoms with Gasteiger partial charge >= 0.3 is 41.8 Å². The Morgan fingerprint density at radius 2 is 0.915 bits per heavy atom. The predicted octanol–water partition coefficient (Wildman–Crippen LogP) is -1.85. The van der Waals surface area contributed by atoms with Gasteiger partial charge in [0, 0.05) is 48.5 Å². The van der Waals surface area contributed by atoms with Crippen LogP contribution in [0.15, 0.2) is 0 Å². The third kappa shape index (κ3) is 11.8. The van der Waals surface area contributed by atoms with Gasteiger partial charge in [0.25, 0.3) is 0 Å². The van der Waals surface area contributed by atoms with Crippen LogP contribution in [0.5, 0.6) is 0 Å². The Kier molecular flexibility index (Phi) is 14.2. The van der Waals surface area contributed by atoms with Gasteiger partial charge in [-0.05, 0) is 0 Å². The zero-order chi connectivity index (χ0) is 35.8. The molecule has 0 radical (unpaired) electrons. The number of ether oxygens (including phenoxy) is 10. The molecule has 47 heavy (non-hydrogen) atoms. The second kappa shape index (κ2) is 16.9. The van der Waals surface area contributed by atoms with Crippen molar-refractivity contribution in [2.75, 3.05) is 13.2 Å². The summed E-state index contributed by atoms with van der Waals surface area (Å²) in [5.74, 6) is -9.15. The van der Waals surface area contributed by atoms with E-state index in [-0.39, 0.29) is 0 Å². The lowest BCUT2D eigenvalue weighted by Gasteiger charge is -2.49. The third-order valence-corrected chi connectivity index (χ3v) is 7.28. The van der Waals surface area contributed by atoms with E-state index < -0.39 is 124 Å². The molecule has 0 aromatic carbocycles. The lowest BCUT2D eigenvalue weighted by atomic mass is 9.96. The summed E-state index contributed by atoms with van der Waals surface area (Å²) in [7, 11) is -5.59. The standard InChI is InChI=1S/C26H37O20P/c1-10(27)37-8-17-19(39-12(3)29)21(40-13(4)30)23(42-15(6)32)25(44-17)46-20-18(9-38-11(2)28)45-26(47(34,35)36)24(43-16(7)33)22(20)41-14(5)31/h17-26H,8-9H2,1-7H3,(H2,34,35,36)/p-1/t17-,18-,19+,20-,21+,22+,23-,24+,25+,26-/m1/s1. The topological polar surface area (TPSA) is 272 Å². The van der Waals surface area contributed by atoms with E-state index >= 15 is 0 Å². The summed E-state index contributed by atoms with van der Waals surface area (Å²) in [5, 5.41) is 0. The molecule has 1 N–H and O–H groups in total. The van der Waals surface area contributed by atoms with E-state index in [1.165, 1.54) is 0 Å². The summed E-state index contributed by atoms with van der Waals surface area (Å²) in [6.07, 6.45) is -16.2. The molecule has 20 nitrogen and oxygen atoms in total. The van der Waals surface area contributed by atoms with Crippen LogP contribution in [0, 0.1) is 0 Å². The minimum atomic E-state index is -5.59. The van der Waals surface area contributed by atoms with Crippen molar-refractivity contribution in [3.8, 4) is 0 Å². The van der Waals surface area contributed by atoms with Gasteiger partial charge in [0.15, 0.2) is 50.3 Å². The van der Waals surface area contributed by atoms with Crippen LogP contribution in [0.4, 0.5) is 0 Å². The van der Waals surface area contributed by atoms with E-state index in [1.807, 2.05) is 0 Å². The Morgan fingerprint density at radius 1 is 0.553 bits per heavy atom. The first-order valence-electron chi connectivity index (χ1n) is 13.8. The largest absolute Gasteiger partial charge is 0.777 e. The lowest BCUT2D eigenvalue weighted by Crippen LogP contribution is -2.67. The molecule has 2 aliphatic heterocycles. The highest BCUT2D eigenvalue weighted by Crippen LogP contribution is 2.46. The van der Waals surface area contributed by atoms with Crippen molar-refractivity contribution < 1.29 is 95.3 Å². The van der Waals surface area contributed by atoms with Gasteiger partial charge < -0.3 is 61.7 Å². The molecule has 2 saturated heterocycles. The second-order valence-electron chi connectivity index (χ2n) is 10.2. The van der Waals surface area contributed by atoms with Crippen LogP contribution < -0.4 is 4.89 Å². The molecular formula is C26H36O20P-. The summed E-state index contributed by atoms with van der Waals surface area (Å²) in [6, 6.07) is 0. The Balaban J connectivity index is 2.76. The Bertz CT molecular complexity index is 1240. The Labute approximate surface area is 267 Å². The maximum atomic E-state index is 12.4. The highest BCUT2D eigenvalue weighted by Gasteiger charge is 2.58. The third-order valence-electron chi connectivity index (χ3n) is 6.23. The molecule has 2 fully saturated rings. The molecule has 0 amide bonds. The maximum absolute atomic E-state index is 12.4. The van der Waals surface area contributed by atoms with Gasteiger partial charge in [-0.2, -0.15) is 0 Å². The summed E-state index contributed by atoms with van der Waals surface area (Å²) in [4.78, 5) is 106. The molecule has 0 saturated carbocycles. The van der Waals surface area contributed by atoms with Crippen LogP contribution in [0.2, 0.25) is 0 Å². The minimum absolute atomic E-state index is 0.648. The second-order valence-corrected chi connectivity index (χ2v) is 11.9. The van der Waals surface area contributed by atoms with E-state index in [9.17, 15) is 47.9 Å². The molecule has 0 aromatic rings. The van der Waals surface area contributed by atoms with Crippen LogP contribution in [0.25, 0.3) is 0 Å². The van der Waals surface area contributed by atoms with Gasteiger partial charge in [0.2, 0.25) is 0 Å². The fourth-order valence-corrected chi connectivity index (χ4v) is 5.66. The lowest BCUT2D eigenvalue weighted by molar-refractivity contribution is -0.344. The molecule has 2 aliphatic rings. The van der Waals surface area contributed by atoms with E-state index in [2.05, 4.69) is 0 Å². The molecular weight excluding hydrogens is 663 g/mol. The van der Waals surface area contributed by atoms with Crippen LogP contribution in [-0.2, 0) is 85.5 Å². The van der Waals surface area contributed by atoms with E-state index in [0.29, 0.717) is 0 Å². The van der Waals surface area contributed by atoms with Crippen molar-refractivity contribution in [1.29, 1.82) is 0 Å². The monoisotopic (exact) mass is 699 g/mol. The first-order chi connectivity index (χ1) is 21.7. The fourth-order valence-electron chi connectivity index (χ4n) is 4.75. The van der Waals surface area contributed by atoms with Gasteiger partial charge in [-0.15, -0.1) is 0 Å². The number of carbonyl (C=O) groups excluding carboxylic acids is 7. The van der Waals surface area contributed by atoms with Gasteiger partial charge in [0.1, 0.15) is 31.5 Å². The number of hydrogen-bond acceptors (Lipinski definition) is 19. The minimum Gasteiger partial charge on any atom is -0.777 e. The number of carbonyl (C=O) groups is 7. The molecule has 0 spiro atoms. The average Bonchev–Trinajstić information content (AvgIpc) is 2.89. The molecule has 21 heteroatoms. The van der Waals surface area contributed by atoms with E-state index in [1.54, 1.807) is 0 Å². The maximum Gasteiger partial charge on any atom is 0.303 e. The Hall–Kier alpha value is -3.68. The fraction of sp³-hybridized carbons (Fsp3) is 0.731. The Morgan fingerprint density at radius 3 is 1.32 bits per heavy atom. The summed E-state index contributed by atoms with van der Waals surface area (Å²) in [5.41, 5.74) is 0. The van der Waals surface area contributed by atoms with Crippen molar-refractivity contribution in [2.24, 2.45) is 0 Å². The normalized spacial score (nSPS) is 31.6. The molecule has 0 bridgehead atoms. The van der Waals surface area contributed by atoms with Crippen LogP contribution >= 0.6 is 7.60 Å². The van der Waals surface area contributed by atoms with Crippen LogP contribution in [0.3, 0.4) is 0 Å². The smallest absolute Gasteiger partial charge is 0.303 e. The quantitative estimate of drug-likeness (QED) is 0.133. The van der Waals surface area contributed by atoms with Gasteiger partial charge in [-0.25, -0.2) is 0 Å². The first-order valence-corrected chi connectivity index (χ1v) is 15.5. The van der Waals surface area contributed by atoms with Gasteiger partial charge in [-0.3, -0.25) is 33.6 Å². The highest BCUT2D eigenvalue weighted by molar-refractivity contribution is 7.51. The molecule has 0 aromatic heterocycles. The highest BCUT2D eigenvalue weighted by atomic mass is 31.2. The molecule has 0 aliphatic carbocycles. The van der Waals surface area contributed by atoms with Crippen molar-refractivity contribution >= 4 is 49.4 Å². The molecule has 1 unspecified atom stereocenters. The number of hydrogen-bond donors (Lipinski definition) is 1. The van der Waals surface area contributed by atoms with Crippen molar-refractivity contribution in [3.05, 3.63) is 0 Å². The van der Waals surface area contributed by atoms with E-state index in [0.717, 1.165) is 48.5 Å². The summed E-state index contributed by atoms with van der Waals surface area (Å²) >= 11 is 0. The summed E-state index contributed by atoms with van der Waals surface area (Å²) in [6.45, 7) is 5.28. The first kappa shape index (κ1) is 39.5. The molecule has 11 atom stereocenters. The zero-order valence-corrected chi connectivity index (χ0v) is 27.2. The SMILES string of the molecule is CC(=O)OC[C@H]1O[C@@H](O[C@H]2[C@H](OC(C)=O)[C@H](OC(C)=O)[C@@H](P(=O)([O-])O)O[C@@H]2COC(C)=O)[C@H](OC(C)=O)[C@@H](OC(C)=O)[C@H]1OC(C)=O. The average molecular weight is 700 g/mol. The van der Waals surface area contributed by atoms with Crippen molar-refractivity contribution in [3.63, 3.8) is 0 Å². The molecule has 266 valence electrons. The van der Waals surface area contributed by atoms with Crippen LogP contribution in [0.1, 0.15) is 48.5 Å². The van der Waals surface area contributed by atoms with Gasteiger partial charge in [0.05, 0.1) is 0 Å². The number of rotatable bonds is 12. The van der Waals surface area contributed by atoms with Gasteiger partial charge in [-0.1, -0.05) is 0 Å². The predicted molar refractivity (Wildman–Crippen MR) is 143 cm³/mol. The zero-order valence-electron chi connectivity index (χ0n) is 26.3. The summed E-state index contributed by atoms with van der Waals surface area (Å²) < 4.78 is 66.1. The van der Waals surface area contributed by atoms with Crippen LogP contribution in [-0.4, -0.2) is 121 Å².